The molecule has 6 heteroatoms. The number of nitrogens with zero attached hydrogens (tertiary/aromatic N) is 1. The quantitative estimate of drug-likeness (QED) is 0.933. The Bertz CT molecular complexity index is 573. The van der Waals surface area contributed by atoms with Crippen LogP contribution in [-0.2, 0) is 9.59 Å². The van der Waals surface area contributed by atoms with E-state index in [-0.39, 0.29) is 30.5 Å². The molecule has 0 radical (unpaired) electrons. The maximum Gasteiger partial charge on any atom is 0.252 e. The highest BCUT2D eigenvalue weighted by molar-refractivity contribution is 6.31. The molecule has 1 aromatic rings. The fourth-order valence-corrected chi connectivity index (χ4v) is 2.77. The molecule has 0 bridgehead atoms. The molecule has 1 saturated heterocycles. The van der Waals surface area contributed by atoms with Crippen LogP contribution in [0.25, 0.3) is 0 Å². The summed E-state index contributed by atoms with van der Waals surface area (Å²) >= 11 is 5.90. The minimum Gasteiger partial charge on any atom is -0.342 e. The van der Waals surface area contributed by atoms with E-state index in [1.54, 1.807) is 0 Å². The summed E-state index contributed by atoms with van der Waals surface area (Å²) in [7, 11) is 0. The zero-order chi connectivity index (χ0) is 15.6. The number of amides is 2. The predicted octanol–water partition coefficient (Wildman–Crippen LogP) is 2.89. The second kappa shape index (κ2) is 6.02. The molecular formula is C15H18ClFN2O2. The SMILES string of the molecule is CCC1(CC)NC(=O)CCN(c2cc(Cl)ccc2F)C1=O. The molecule has 1 aliphatic rings. The number of hydrogen-bond donors (Lipinski definition) is 1. The lowest BCUT2D eigenvalue weighted by Crippen LogP contribution is -2.56. The average Bonchev–Trinajstić information content (AvgIpc) is 2.59. The Morgan fingerprint density at radius 1 is 1.33 bits per heavy atom. The number of carbonyl (C=O) groups is 2. The Balaban J connectivity index is 2.49. The zero-order valence-corrected chi connectivity index (χ0v) is 12.8. The van der Waals surface area contributed by atoms with Crippen molar-refractivity contribution in [3.8, 4) is 0 Å². The second-order valence-electron chi connectivity index (χ2n) is 5.14. The van der Waals surface area contributed by atoms with Crippen molar-refractivity contribution in [2.75, 3.05) is 11.4 Å². The number of halogens is 2. The van der Waals surface area contributed by atoms with Gasteiger partial charge in [0.1, 0.15) is 11.4 Å². The first-order chi connectivity index (χ1) is 9.93. The first kappa shape index (κ1) is 15.8. The second-order valence-corrected chi connectivity index (χ2v) is 5.58. The van der Waals surface area contributed by atoms with Gasteiger partial charge in [-0.25, -0.2) is 4.39 Å². The topological polar surface area (TPSA) is 49.4 Å². The van der Waals surface area contributed by atoms with E-state index in [2.05, 4.69) is 5.32 Å². The Hall–Kier alpha value is -1.62. The van der Waals surface area contributed by atoms with Crippen molar-refractivity contribution in [3.05, 3.63) is 29.0 Å². The minimum absolute atomic E-state index is 0.121. The molecule has 0 aromatic heterocycles. The summed E-state index contributed by atoms with van der Waals surface area (Å²) in [5.41, 5.74) is -0.863. The third kappa shape index (κ3) is 2.88. The first-order valence-electron chi connectivity index (χ1n) is 7.01. The molecule has 4 nitrogen and oxygen atoms in total. The number of carbonyl (C=O) groups excluding carboxylic acids is 2. The molecule has 1 N–H and O–H groups in total. The normalized spacial score (nSPS) is 18.4. The summed E-state index contributed by atoms with van der Waals surface area (Å²) in [5.74, 6) is -1.01. The van der Waals surface area contributed by atoms with E-state index in [9.17, 15) is 14.0 Å². The standard InChI is InChI=1S/C15H18ClFN2O2/c1-3-15(4-2)14(21)19(8-7-13(20)18-15)12-9-10(16)5-6-11(12)17/h5-6,9H,3-4,7-8H2,1-2H3,(H,18,20). The van der Waals surface area contributed by atoms with Crippen LogP contribution < -0.4 is 10.2 Å². The fourth-order valence-electron chi connectivity index (χ4n) is 2.61. The molecule has 0 aliphatic carbocycles. The highest BCUT2D eigenvalue weighted by Gasteiger charge is 2.42. The molecule has 0 saturated carbocycles. The van der Waals surface area contributed by atoms with Gasteiger partial charge in [0, 0.05) is 18.0 Å². The van der Waals surface area contributed by atoms with Crippen molar-refractivity contribution in [1.82, 2.24) is 5.32 Å². The minimum atomic E-state index is -0.984. The molecule has 1 aliphatic heterocycles. The Kier molecular flexibility index (Phi) is 4.52. The van der Waals surface area contributed by atoms with E-state index < -0.39 is 11.4 Å². The molecule has 21 heavy (non-hydrogen) atoms. The van der Waals surface area contributed by atoms with Crippen molar-refractivity contribution in [2.24, 2.45) is 0 Å². The van der Waals surface area contributed by atoms with Gasteiger partial charge in [0.2, 0.25) is 5.91 Å². The molecule has 1 heterocycles. The zero-order valence-electron chi connectivity index (χ0n) is 12.1. The van der Waals surface area contributed by atoms with Crippen molar-refractivity contribution in [2.45, 2.75) is 38.6 Å². The number of hydrogen-bond acceptors (Lipinski definition) is 2. The maximum atomic E-state index is 14.1. The Morgan fingerprint density at radius 3 is 2.62 bits per heavy atom. The van der Waals surface area contributed by atoms with Crippen LogP contribution in [0.5, 0.6) is 0 Å². The molecule has 1 aromatic carbocycles. The van der Waals surface area contributed by atoms with Crippen LogP contribution in [-0.4, -0.2) is 23.9 Å². The van der Waals surface area contributed by atoms with Crippen LogP contribution in [0, 0.1) is 5.82 Å². The van der Waals surface area contributed by atoms with Gasteiger partial charge in [-0.2, -0.15) is 0 Å². The van der Waals surface area contributed by atoms with Gasteiger partial charge in [-0.1, -0.05) is 25.4 Å². The Labute approximate surface area is 128 Å². The molecule has 2 rings (SSSR count). The smallest absolute Gasteiger partial charge is 0.252 e. The fraction of sp³-hybridized carbons (Fsp3) is 0.467. The Morgan fingerprint density at radius 2 is 2.00 bits per heavy atom. The molecule has 0 unspecified atom stereocenters. The number of anilines is 1. The molecule has 0 atom stereocenters. The van der Waals surface area contributed by atoms with E-state index in [0.29, 0.717) is 17.9 Å². The maximum absolute atomic E-state index is 14.1. The van der Waals surface area contributed by atoms with Crippen molar-refractivity contribution >= 4 is 29.1 Å². The third-order valence-electron chi connectivity index (χ3n) is 4.00. The summed E-state index contributed by atoms with van der Waals surface area (Å²) in [6.45, 7) is 3.81. The van der Waals surface area contributed by atoms with Crippen molar-refractivity contribution < 1.29 is 14.0 Å². The van der Waals surface area contributed by atoms with Crippen LogP contribution in [0.1, 0.15) is 33.1 Å². The number of nitrogens with one attached hydrogen (secondary N) is 1. The summed E-state index contributed by atoms with van der Waals surface area (Å²) in [5, 5.41) is 3.14. The van der Waals surface area contributed by atoms with Gasteiger partial charge in [-0.05, 0) is 31.0 Å². The summed E-state index contributed by atoms with van der Waals surface area (Å²) in [6.07, 6.45) is 1.04. The van der Waals surface area contributed by atoms with Crippen LogP contribution in [0.3, 0.4) is 0 Å². The number of rotatable bonds is 3. The van der Waals surface area contributed by atoms with E-state index >= 15 is 0 Å². The summed E-state index contributed by atoms with van der Waals surface area (Å²) < 4.78 is 14.1. The first-order valence-corrected chi connectivity index (χ1v) is 7.39. The van der Waals surface area contributed by atoms with Gasteiger partial charge in [-0.3, -0.25) is 9.59 Å². The molecule has 2 amide bonds. The molecule has 114 valence electrons. The van der Waals surface area contributed by atoms with Gasteiger partial charge in [0.25, 0.3) is 5.91 Å². The highest BCUT2D eigenvalue weighted by atomic mass is 35.5. The van der Waals surface area contributed by atoms with Crippen molar-refractivity contribution in [3.63, 3.8) is 0 Å². The van der Waals surface area contributed by atoms with Gasteiger partial charge in [-0.15, -0.1) is 0 Å². The lowest BCUT2D eigenvalue weighted by molar-refractivity contribution is -0.130. The molecule has 1 fully saturated rings. The van der Waals surface area contributed by atoms with E-state index in [1.807, 2.05) is 13.8 Å². The highest BCUT2D eigenvalue weighted by Crippen LogP contribution is 2.29. The van der Waals surface area contributed by atoms with Crippen molar-refractivity contribution in [1.29, 1.82) is 0 Å². The third-order valence-corrected chi connectivity index (χ3v) is 4.24. The van der Waals surface area contributed by atoms with E-state index in [0.717, 1.165) is 0 Å². The van der Waals surface area contributed by atoms with Crippen LogP contribution in [0.2, 0.25) is 5.02 Å². The van der Waals surface area contributed by atoms with Crippen LogP contribution >= 0.6 is 11.6 Å². The van der Waals surface area contributed by atoms with Gasteiger partial charge < -0.3 is 10.2 Å². The molecular weight excluding hydrogens is 295 g/mol. The van der Waals surface area contributed by atoms with E-state index in [4.69, 9.17) is 11.6 Å². The van der Waals surface area contributed by atoms with Gasteiger partial charge in [0.15, 0.2) is 0 Å². The molecule has 0 spiro atoms. The monoisotopic (exact) mass is 312 g/mol. The largest absolute Gasteiger partial charge is 0.342 e. The predicted molar refractivity (Wildman–Crippen MR) is 79.8 cm³/mol. The van der Waals surface area contributed by atoms with Gasteiger partial charge >= 0.3 is 0 Å². The van der Waals surface area contributed by atoms with Crippen LogP contribution in [0.4, 0.5) is 10.1 Å². The van der Waals surface area contributed by atoms with Gasteiger partial charge in [0.05, 0.1) is 5.69 Å². The number of benzene rings is 1. The lowest BCUT2D eigenvalue weighted by atomic mass is 9.91. The average molecular weight is 313 g/mol. The summed E-state index contributed by atoms with van der Waals surface area (Å²) in [4.78, 5) is 26.0. The van der Waals surface area contributed by atoms with E-state index in [1.165, 1.54) is 23.1 Å². The van der Waals surface area contributed by atoms with Crippen LogP contribution in [0.15, 0.2) is 18.2 Å². The summed E-state index contributed by atoms with van der Waals surface area (Å²) in [6, 6.07) is 4.07. The lowest BCUT2D eigenvalue weighted by Gasteiger charge is -2.33.